The first-order valence-corrected chi connectivity index (χ1v) is 10.1. The summed E-state index contributed by atoms with van der Waals surface area (Å²) in [5, 5.41) is 9.40. The van der Waals surface area contributed by atoms with Crippen LogP contribution in [-0.2, 0) is 11.2 Å². The number of amides is 1. The number of carboxylic acid groups (broad SMARTS) is 1. The van der Waals surface area contributed by atoms with E-state index in [0.29, 0.717) is 37.4 Å². The summed E-state index contributed by atoms with van der Waals surface area (Å²) < 4.78 is 31.7. The molecule has 7 nitrogen and oxygen atoms in total. The minimum absolute atomic E-state index is 0.0143. The van der Waals surface area contributed by atoms with Gasteiger partial charge in [-0.1, -0.05) is 0 Å². The maximum atomic E-state index is 14.8. The number of halogens is 1. The molecular weight excluding hydrogens is 405 g/mol. The Kier molecular flexibility index (Phi) is 5.35. The number of nitrogens with zero attached hydrogens (tertiary/aromatic N) is 1. The van der Waals surface area contributed by atoms with E-state index in [0.717, 1.165) is 11.6 Å². The highest BCUT2D eigenvalue weighted by atomic mass is 19.1. The van der Waals surface area contributed by atoms with Gasteiger partial charge in [-0.3, -0.25) is 4.79 Å². The lowest BCUT2D eigenvalue weighted by molar-refractivity contribution is 0.0693. The number of carboxylic acids is 1. The molecule has 0 unspecified atom stereocenters. The predicted molar refractivity (Wildman–Crippen MR) is 110 cm³/mol. The quantitative estimate of drug-likeness (QED) is 0.776. The van der Waals surface area contributed by atoms with Crippen LogP contribution < -0.4 is 9.47 Å². The van der Waals surface area contributed by atoms with Gasteiger partial charge < -0.3 is 24.2 Å². The molecule has 164 valence electrons. The molecule has 2 aromatic rings. The van der Waals surface area contributed by atoms with E-state index in [1.807, 2.05) is 13.8 Å². The van der Waals surface area contributed by atoms with Crippen molar-refractivity contribution in [2.45, 2.75) is 38.4 Å². The third-order valence-electron chi connectivity index (χ3n) is 5.57. The largest absolute Gasteiger partial charge is 0.487 e. The maximum Gasteiger partial charge on any atom is 0.335 e. The summed E-state index contributed by atoms with van der Waals surface area (Å²) in [6.07, 6.45) is 1.20. The number of benzene rings is 2. The molecule has 0 bridgehead atoms. The number of carbonyl (C=O) groups excluding carboxylic acids is 1. The van der Waals surface area contributed by atoms with Gasteiger partial charge in [0.05, 0.1) is 17.2 Å². The summed E-state index contributed by atoms with van der Waals surface area (Å²) in [4.78, 5) is 25.7. The summed E-state index contributed by atoms with van der Waals surface area (Å²) in [6.45, 7) is 4.73. The van der Waals surface area contributed by atoms with Gasteiger partial charge in [0, 0.05) is 38.2 Å². The van der Waals surface area contributed by atoms with E-state index in [-0.39, 0.29) is 23.0 Å². The number of hydrogen-bond acceptors (Lipinski definition) is 5. The number of hydrogen-bond donors (Lipinski definition) is 1. The van der Waals surface area contributed by atoms with Gasteiger partial charge in [0.15, 0.2) is 0 Å². The van der Waals surface area contributed by atoms with Crippen LogP contribution in [0.25, 0.3) is 0 Å². The smallest absolute Gasteiger partial charge is 0.335 e. The Labute approximate surface area is 179 Å². The Balaban J connectivity index is 1.59. The standard InChI is InChI=1S/C23H24FNO6/c1-23(2)11-17-19(8-13(22(27)28)9-20(17)31-23)30-14-4-5-16(18(24)10-14)21(26)25-7-6-15(12-25)29-3/h4-5,8-10,15H,6-7,11-12H2,1-3H3,(H,27,28)/t15-/m0/s1. The number of aromatic carboxylic acids is 1. The van der Waals surface area contributed by atoms with E-state index in [4.69, 9.17) is 14.2 Å². The number of ether oxygens (including phenoxy) is 3. The molecule has 0 aromatic heterocycles. The van der Waals surface area contributed by atoms with E-state index >= 15 is 0 Å². The topological polar surface area (TPSA) is 85.3 Å². The second-order valence-corrected chi connectivity index (χ2v) is 8.44. The number of rotatable bonds is 5. The first kappa shape index (κ1) is 21.1. The van der Waals surface area contributed by atoms with Crippen LogP contribution in [0.1, 0.15) is 46.5 Å². The zero-order valence-corrected chi connectivity index (χ0v) is 17.6. The molecule has 4 rings (SSSR count). The molecular formula is C23H24FNO6. The molecule has 2 heterocycles. The van der Waals surface area contributed by atoms with Crippen LogP contribution in [0.4, 0.5) is 4.39 Å². The molecule has 0 spiro atoms. The SMILES string of the molecule is CO[C@H]1CCN(C(=O)c2ccc(Oc3cc(C(=O)O)cc4c3CC(C)(C)O4)cc2F)C1. The minimum atomic E-state index is -1.12. The average Bonchev–Trinajstić information content (AvgIpc) is 3.30. The first-order valence-electron chi connectivity index (χ1n) is 10.1. The van der Waals surface area contributed by atoms with Gasteiger partial charge in [0.2, 0.25) is 0 Å². The zero-order chi connectivity index (χ0) is 22.3. The van der Waals surface area contributed by atoms with Gasteiger partial charge in [0.25, 0.3) is 5.91 Å². The molecule has 0 aliphatic carbocycles. The van der Waals surface area contributed by atoms with Crippen LogP contribution in [0.2, 0.25) is 0 Å². The van der Waals surface area contributed by atoms with Crippen LogP contribution in [0.3, 0.4) is 0 Å². The van der Waals surface area contributed by atoms with Crippen molar-refractivity contribution >= 4 is 11.9 Å². The summed E-state index contributed by atoms with van der Waals surface area (Å²) >= 11 is 0. The van der Waals surface area contributed by atoms with Crippen molar-refractivity contribution in [2.24, 2.45) is 0 Å². The van der Waals surface area contributed by atoms with Crippen molar-refractivity contribution in [2.75, 3.05) is 20.2 Å². The van der Waals surface area contributed by atoms with Gasteiger partial charge >= 0.3 is 5.97 Å². The van der Waals surface area contributed by atoms with Crippen LogP contribution in [-0.4, -0.2) is 53.8 Å². The predicted octanol–water partition coefficient (Wildman–Crippen LogP) is 3.89. The maximum absolute atomic E-state index is 14.8. The third kappa shape index (κ3) is 4.20. The van der Waals surface area contributed by atoms with Crippen LogP contribution in [0, 0.1) is 5.82 Å². The summed E-state index contributed by atoms with van der Waals surface area (Å²) in [7, 11) is 1.59. The van der Waals surface area contributed by atoms with E-state index in [2.05, 4.69) is 0 Å². The van der Waals surface area contributed by atoms with E-state index in [9.17, 15) is 19.1 Å². The number of carbonyl (C=O) groups is 2. The Morgan fingerprint density at radius 2 is 2.03 bits per heavy atom. The molecule has 1 amide bonds. The summed E-state index contributed by atoms with van der Waals surface area (Å²) in [5.41, 5.74) is 0.186. The van der Waals surface area contributed by atoms with Gasteiger partial charge in [-0.05, 0) is 44.5 Å². The molecule has 0 radical (unpaired) electrons. The molecule has 1 atom stereocenters. The molecule has 0 saturated carbocycles. The van der Waals surface area contributed by atoms with E-state index < -0.39 is 23.3 Å². The second kappa shape index (κ2) is 7.85. The van der Waals surface area contributed by atoms with Crippen LogP contribution in [0.5, 0.6) is 17.2 Å². The lowest BCUT2D eigenvalue weighted by Crippen LogP contribution is -2.30. The molecule has 2 aliphatic heterocycles. The van der Waals surface area contributed by atoms with Gasteiger partial charge in [0.1, 0.15) is 28.7 Å². The highest BCUT2D eigenvalue weighted by Gasteiger charge is 2.34. The number of likely N-dealkylation sites (tertiary alicyclic amines) is 1. The van der Waals surface area contributed by atoms with Gasteiger partial charge in [-0.2, -0.15) is 0 Å². The fourth-order valence-corrected chi connectivity index (χ4v) is 3.99. The van der Waals surface area contributed by atoms with Crippen molar-refractivity contribution in [3.05, 3.63) is 52.8 Å². The fourth-order valence-electron chi connectivity index (χ4n) is 3.99. The minimum Gasteiger partial charge on any atom is -0.487 e. The molecule has 1 saturated heterocycles. The van der Waals surface area contributed by atoms with Gasteiger partial charge in [-0.15, -0.1) is 0 Å². The van der Waals surface area contributed by atoms with E-state index in [1.165, 1.54) is 24.3 Å². The molecule has 31 heavy (non-hydrogen) atoms. The average molecular weight is 429 g/mol. The highest BCUT2D eigenvalue weighted by Crippen LogP contribution is 2.43. The Hall–Kier alpha value is -3.13. The lowest BCUT2D eigenvalue weighted by atomic mass is 10.00. The Bertz CT molecular complexity index is 1050. The van der Waals surface area contributed by atoms with Crippen LogP contribution in [0.15, 0.2) is 30.3 Å². The number of methoxy groups -OCH3 is 1. The third-order valence-corrected chi connectivity index (χ3v) is 5.57. The fraction of sp³-hybridized carbons (Fsp3) is 0.391. The molecule has 1 N–H and O–H groups in total. The van der Waals surface area contributed by atoms with Crippen molar-refractivity contribution in [3.63, 3.8) is 0 Å². The molecule has 8 heteroatoms. The Morgan fingerprint density at radius 1 is 1.26 bits per heavy atom. The zero-order valence-electron chi connectivity index (χ0n) is 17.6. The molecule has 2 aromatic carbocycles. The van der Waals surface area contributed by atoms with Crippen molar-refractivity contribution in [1.29, 1.82) is 0 Å². The van der Waals surface area contributed by atoms with Crippen LogP contribution >= 0.6 is 0 Å². The van der Waals surface area contributed by atoms with Gasteiger partial charge in [-0.25, -0.2) is 9.18 Å². The number of fused-ring (bicyclic) bond motifs is 1. The molecule has 1 fully saturated rings. The Morgan fingerprint density at radius 3 is 2.68 bits per heavy atom. The van der Waals surface area contributed by atoms with Crippen molar-refractivity contribution in [3.8, 4) is 17.2 Å². The normalized spacial score (nSPS) is 19.1. The monoisotopic (exact) mass is 429 g/mol. The summed E-state index contributed by atoms with van der Waals surface area (Å²) in [6, 6.07) is 6.89. The first-order chi connectivity index (χ1) is 14.7. The second-order valence-electron chi connectivity index (χ2n) is 8.44. The summed E-state index contributed by atoms with van der Waals surface area (Å²) in [5.74, 6) is -1.32. The van der Waals surface area contributed by atoms with Crippen molar-refractivity contribution in [1.82, 2.24) is 4.90 Å². The highest BCUT2D eigenvalue weighted by molar-refractivity contribution is 5.95. The van der Waals surface area contributed by atoms with Crippen molar-refractivity contribution < 1.29 is 33.3 Å². The van der Waals surface area contributed by atoms with E-state index in [1.54, 1.807) is 12.0 Å². The molecule has 2 aliphatic rings. The lowest BCUT2D eigenvalue weighted by Gasteiger charge is -2.17.